The second kappa shape index (κ2) is 8.97. The van der Waals surface area contributed by atoms with Crippen molar-refractivity contribution < 1.29 is 56.3 Å². The molecule has 2 rings (SSSR count). The third kappa shape index (κ3) is 6.41. The number of ether oxygens (including phenoxy) is 1. The van der Waals surface area contributed by atoms with Crippen LogP contribution in [0.25, 0.3) is 0 Å². The summed E-state index contributed by atoms with van der Waals surface area (Å²) >= 11 is 6.17. The summed E-state index contributed by atoms with van der Waals surface area (Å²) < 4.78 is 51.2. The minimum atomic E-state index is -5.75. The van der Waals surface area contributed by atoms with Crippen LogP contribution in [-0.2, 0) is 31.6 Å². The maximum absolute atomic E-state index is 12.0. The summed E-state index contributed by atoms with van der Waals surface area (Å²) in [6.07, 6.45) is 1.10. The van der Waals surface area contributed by atoms with E-state index in [1.165, 1.54) is 0 Å². The van der Waals surface area contributed by atoms with Crippen LogP contribution < -0.4 is 11.4 Å². The van der Waals surface area contributed by atoms with Gasteiger partial charge in [0.25, 0.3) is 0 Å². The molecule has 0 saturated carbocycles. The number of anilines is 1. The zero-order valence-electron chi connectivity index (χ0n) is 14.7. The number of aliphatic hydroxyl groups excluding tert-OH is 1. The Bertz CT molecular complexity index is 1090. The molecule has 3 unspecified atom stereocenters. The van der Waals surface area contributed by atoms with Gasteiger partial charge in [-0.05, 0) is 0 Å². The van der Waals surface area contributed by atoms with Crippen molar-refractivity contribution in [3.05, 3.63) is 16.8 Å². The van der Waals surface area contributed by atoms with Gasteiger partial charge in [-0.15, -0.1) is 6.42 Å². The van der Waals surface area contributed by atoms with Crippen LogP contribution in [0.5, 0.6) is 0 Å². The van der Waals surface area contributed by atoms with Gasteiger partial charge in [0.15, 0.2) is 11.1 Å². The largest absolute Gasteiger partial charge is 0.490 e. The molecule has 21 heteroatoms. The molecule has 1 aromatic rings. The van der Waals surface area contributed by atoms with Crippen molar-refractivity contribution in [1.82, 2.24) is 14.5 Å². The molecular formula is C10H14ClN4O13P3. The van der Waals surface area contributed by atoms with E-state index >= 15 is 0 Å². The molecule has 0 spiro atoms. The van der Waals surface area contributed by atoms with Gasteiger partial charge in [0, 0.05) is 0 Å². The predicted molar refractivity (Wildman–Crippen MR) is 97.9 cm³/mol. The lowest BCUT2D eigenvalue weighted by molar-refractivity contribution is -0.0458. The number of phosphoric ester groups is 1. The number of hydrogen-bond donors (Lipinski definition) is 6. The molecule has 6 atom stereocenters. The van der Waals surface area contributed by atoms with E-state index in [0.29, 0.717) is 4.57 Å². The van der Waals surface area contributed by atoms with E-state index in [1.54, 1.807) is 0 Å². The van der Waals surface area contributed by atoms with Crippen LogP contribution in [0.3, 0.4) is 0 Å². The van der Waals surface area contributed by atoms with E-state index in [4.69, 9.17) is 43.2 Å². The van der Waals surface area contributed by atoms with Crippen molar-refractivity contribution in [3.63, 3.8) is 0 Å². The highest BCUT2D eigenvalue weighted by Gasteiger charge is 2.56. The second-order valence-electron chi connectivity index (χ2n) is 5.68. The molecule has 1 aromatic heterocycles. The Hall–Kier alpha value is -1.21. The van der Waals surface area contributed by atoms with E-state index in [-0.39, 0.29) is 5.95 Å². The van der Waals surface area contributed by atoms with Crippen molar-refractivity contribution in [3.8, 4) is 12.3 Å². The van der Waals surface area contributed by atoms with Gasteiger partial charge in [-0.1, -0.05) is 17.5 Å². The van der Waals surface area contributed by atoms with Gasteiger partial charge < -0.3 is 35.2 Å². The van der Waals surface area contributed by atoms with Gasteiger partial charge in [0.2, 0.25) is 5.95 Å². The smallest absolute Gasteiger partial charge is 0.387 e. The summed E-state index contributed by atoms with van der Waals surface area (Å²) in [7, 11) is -16.8. The van der Waals surface area contributed by atoms with Crippen LogP contribution in [0.2, 0.25) is 0 Å². The number of nitrogen functional groups attached to an aromatic ring is 1. The number of terminal acetylenes is 1. The predicted octanol–water partition coefficient (Wildman–Crippen LogP) is -1.57. The number of hydrogen-bond acceptors (Lipinski definition) is 12. The molecule has 17 nitrogen and oxygen atoms in total. The zero-order chi connectivity index (χ0) is 23.8. The monoisotopic (exact) mass is 526 g/mol. The SMILES string of the molecule is C#CC1(Cl)[C@@H](O)[C@@H](COP(=O)(O)OP(=O)(O)OP(=O)(O)O)O[C@H]1n1cnc(N)nc1=O. The molecule has 0 aromatic carbocycles. The van der Waals surface area contributed by atoms with Crippen molar-refractivity contribution >= 4 is 41.0 Å². The molecule has 1 fully saturated rings. The Morgan fingerprint density at radius 1 is 1.29 bits per heavy atom. The fourth-order valence-electron chi connectivity index (χ4n) is 2.30. The number of nitrogens with zero attached hydrogens (tertiary/aromatic N) is 3. The summed E-state index contributed by atoms with van der Waals surface area (Å²) in [5.74, 6) is 1.62. The molecule has 0 radical (unpaired) electrons. The molecule has 0 bridgehead atoms. The van der Waals surface area contributed by atoms with E-state index in [0.717, 1.165) is 6.33 Å². The van der Waals surface area contributed by atoms with E-state index < -0.39 is 59.1 Å². The molecule has 1 aliphatic heterocycles. The third-order valence-electron chi connectivity index (χ3n) is 3.48. The molecule has 174 valence electrons. The summed E-state index contributed by atoms with van der Waals surface area (Å²) in [5, 5.41) is 10.4. The Morgan fingerprint density at radius 3 is 2.42 bits per heavy atom. The summed E-state index contributed by atoms with van der Waals surface area (Å²) in [4.78, 5) is 52.3. The van der Waals surface area contributed by atoms with E-state index in [2.05, 4.69) is 23.1 Å². The molecule has 0 aliphatic carbocycles. The Balaban J connectivity index is 2.18. The van der Waals surface area contributed by atoms with Crippen molar-refractivity contribution in [2.75, 3.05) is 12.3 Å². The molecule has 31 heavy (non-hydrogen) atoms. The number of phosphoric acid groups is 3. The number of halogens is 1. The Kier molecular flexibility index (Phi) is 7.54. The van der Waals surface area contributed by atoms with Crippen LogP contribution in [0, 0.1) is 12.3 Å². The normalized spacial score (nSPS) is 30.3. The Labute approximate surface area is 177 Å². The summed E-state index contributed by atoms with van der Waals surface area (Å²) in [6, 6.07) is 0. The molecule has 1 saturated heterocycles. The quantitative estimate of drug-likeness (QED) is 0.127. The zero-order valence-corrected chi connectivity index (χ0v) is 18.2. The second-order valence-corrected chi connectivity index (χ2v) is 10.7. The fourth-order valence-corrected chi connectivity index (χ4v) is 5.62. The van der Waals surface area contributed by atoms with Crippen LogP contribution in [0.15, 0.2) is 11.1 Å². The average Bonchev–Trinajstić information content (AvgIpc) is 2.82. The third-order valence-corrected chi connectivity index (χ3v) is 7.80. The van der Waals surface area contributed by atoms with Crippen LogP contribution >= 0.6 is 35.1 Å². The van der Waals surface area contributed by atoms with Crippen molar-refractivity contribution in [1.29, 1.82) is 0 Å². The van der Waals surface area contributed by atoms with Crippen molar-refractivity contribution in [2.24, 2.45) is 0 Å². The average molecular weight is 527 g/mol. The standard InChI is InChI=1S/C10H14ClN4O13P3/c1-2-10(11)6(16)5(26-7(10)15-4-13-8(12)14-9(15)17)3-25-30(21,22)28-31(23,24)27-29(18,19)20/h1,4-7,16H,3H2,(H,21,22)(H,23,24)(H2,12,14,17)(H2,18,19,20)/t5-,6+,7-,10?/m1/s1. The minimum absolute atomic E-state index is 0.384. The first kappa shape index (κ1) is 26.0. The van der Waals surface area contributed by atoms with Crippen LogP contribution in [-0.4, -0.2) is 62.9 Å². The maximum atomic E-state index is 12.0. The molecule has 7 N–H and O–H groups in total. The lowest BCUT2D eigenvalue weighted by Crippen LogP contribution is -2.43. The summed E-state index contributed by atoms with van der Waals surface area (Å²) in [5.41, 5.74) is 4.26. The highest BCUT2D eigenvalue weighted by atomic mass is 35.5. The fraction of sp³-hybridized carbons (Fsp3) is 0.500. The topological polar surface area (TPSA) is 263 Å². The van der Waals surface area contributed by atoms with Crippen LogP contribution in [0.4, 0.5) is 5.95 Å². The van der Waals surface area contributed by atoms with Gasteiger partial charge in [-0.25, -0.2) is 23.5 Å². The first-order valence-electron chi connectivity index (χ1n) is 7.49. The van der Waals surface area contributed by atoms with Gasteiger partial charge in [0.05, 0.1) is 6.61 Å². The maximum Gasteiger partial charge on any atom is 0.490 e. The van der Waals surface area contributed by atoms with Gasteiger partial charge >= 0.3 is 29.2 Å². The highest BCUT2D eigenvalue weighted by Crippen LogP contribution is 2.66. The first-order valence-corrected chi connectivity index (χ1v) is 12.4. The Morgan fingerprint density at radius 2 is 1.90 bits per heavy atom. The van der Waals surface area contributed by atoms with Gasteiger partial charge in [0.1, 0.15) is 18.5 Å². The van der Waals surface area contributed by atoms with Gasteiger partial charge in [-0.3, -0.25) is 9.09 Å². The number of alkyl halides is 1. The molecule has 1 aliphatic rings. The van der Waals surface area contributed by atoms with Crippen molar-refractivity contribution in [2.45, 2.75) is 23.3 Å². The van der Waals surface area contributed by atoms with E-state index in [1.807, 2.05) is 5.92 Å². The molecule has 0 amide bonds. The van der Waals surface area contributed by atoms with Crippen LogP contribution in [0.1, 0.15) is 6.23 Å². The number of aromatic nitrogens is 3. The lowest BCUT2D eigenvalue weighted by Gasteiger charge is -2.25. The van der Waals surface area contributed by atoms with E-state index in [9.17, 15) is 28.5 Å². The summed E-state index contributed by atoms with van der Waals surface area (Å²) in [6.45, 7) is -1.07. The molecular weight excluding hydrogens is 513 g/mol. The number of aliphatic hydroxyl groups is 1. The lowest BCUT2D eigenvalue weighted by atomic mass is 10.00. The number of nitrogens with two attached hydrogens (primary N) is 1. The minimum Gasteiger partial charge on any atom is -0.387 e. The number of rotatable bonds is 8. The highest BCUT2D eigenvalue weighted by molar-refractivity contribution is 7.66. The first-order chi connectivity index (χ1) is 14.0. The van der Waals surface area contributed by atoms with Gasteiger partial charge in [-0.2, -0.15) is 13.6 Å². The molecule has 2 heterocycles.